The number of carbonyl (C=O) groups is 1. The lowest BCUT2D eigenvalue weighted by molar-refractivity contribution is -0.116. The van der Waals surface area contributed by atoms with Crippen LogP contribution in [-0.2, 0) is 4.79 Å². The molecular formula is C19H29NO3. The summed E-state index contributed by atoms with van der Waals surface area (Å²) in [5.74, 6) is 1.83. The number of hydrogen-bond acceptors (Lipinski definition) is 3. The standard InChI is InChI=1S/C19H29NO3/c1-5-7-12-23-17-10-8-16(13-18(17)22-6-2)9-11-19(21)20-14-15(3)4/h8-11,13,15H,5-7,12,14H2,1-4H3,(H,20,21)/b11-9+. The molecular weight excluding hydrogens is 290 g/mol. The second kappa shape index (κ2) is 10.7. The summed E-state index contributed by atoms with van der Waals surface area (Å²) in [6.07, 6.45) is 5.44. The normalized spacial score (nSPS) is 11.0. The third-order valence-corrected chi connectivity index (χ3v) is 3.13. The molecule has 0 unspecified atom stereocenters. The van der Waals surface area contributed by atoms with Crippen LogP contribution in [0.5, 0.6) is 11.5 Å². The molecule has 0 spiro atoms. The maximum atomic E-state index is 11.7. The fourth-order valence-corrected chi connectivity index (χ4v) is 1.88. The first kappa shape index (κ1) is 19.1. The smallest absolute Gasteiger partial charge is 0.244 e. The van der Waals surface area contributed by atoms with Crippen molar-refractivity contribution in [2.24, 2.45) is 5.92 Å². The molecule has 0 aromatic heterocycles. The molecule has 4 nitrogen and oxygen atoms in total. The fourth-order valence-electron chi connectivity index (χ4n) is 1.88. The summed E-state index contributed by atoms with van der Waals surface area (Å²) in [7, 11) is 0. The number of nitrogens with one attached hydrogen (secondary N) is 1. The lowest BCUT2D eigenvalue weighted by atomic mass is 10.2. The van der Waals surface area contributed by atoms with Crippen LogP contribution in [0.25, 0.3) is 6.08 Å². The zero-order valence-corrected chi connectivity index (χ0v) is 14.7. The van der Waals surface area contributed by atoms with Gasteiger partial charge in [0, 0.05) is 12.6 Å². The van der Waals surface area contributed by atoms with Gasteiger partial charge in [-0.25, -0.2) is 0 Å². The number of hydrogen-bond donors (Lipinski definition) is 1. The molecule has 0 saturated carbocycles. The highest BCUT2D eigenvalue weighted by Gasteiger charge is 2.06. The summed E-state index contributed by atoms with van der Waals surface area (Å²) in [6.45, 7) is 10.1. The van der Waals surface area contributed by atoms with E-state index in [2.05, 4.69) is 26.1 Å². The molecule has 0 bridgehead atoms. The highest BCUT2D eigenvalue weighted by Crippen LogP contribution is 2.29. The second-order valence-corrected chi connectivity index (χ2v) is 5.81. The number of benzene rings is 1. The molecule has 0 aliphatic rings. The second-order valence-electron chi connectivity index (χ2n) is 5.81. The van der Waals surface area contributed by atoms with Crippen molar-refractivity contribution in [3.8, 4) is 11.5 Å². The van der Waals surface area contributed by atoms with E-state index >= 15 is 0 Å². The SMILES string of the molecule is CCCCOc1ccc(/C=C/C(=O)NCC(C)C)cc1OCC. The Bertz CT molecular complexity index is 509. The predicted molar refractivity (Wildman–Crippen MR) is 94.9 cm³/mol. The van der Waals surface area contributed by atoms with Crippen molar-refractivity contribution < 1.29 is 14.3 Å². The average molecular weight is 319 g/mol. The number of amides is 1. The van der Waals surface area contributed by atoms with Crippen LogP contribution in [0.3, 0.4) is 0 Å². The topological polar surface area (TPSA) is 47.6 Å². The Kier molecular flexibility index (Phi) is 8.88. The highest BCUT2D eigenvalue weighted by molar-refractivity contribution is 5.91. The molecule has 0 aliphatic heterocycles. The Labute approximate surface area is 139 Å². The largest absolute Gasteiger partial charge is 0.490 e. The number of unbranched alkanes of at least 4 members (excludes halogenated alkanes) is 1. The molecule has 0 radical (unpaired) electrons. The minimum atomic E-state index is -0.0834. The first-order chi connectivity index (χ1) is 11.1. The Morgan fingerprint density at radius 2 is 2.00 bits per heavy atom. The van der Waals surface area contributed by atoms with Gasteiger partial charge in [0.05, 0.1) is 13.2 Å². The van der Waals surface area contributed by atoms with E-state index in [1.807, 2.05) is 25.1 Å². The van der Waals surface area contributed by atoms with Crippen LogP contribution in [0.2, 0.25) is 0 Å². The van der Waals surface area contributed by atoms with Crippen LogP contribution in [-0.4, -0.2) is 25.7 Å². The van der Waals surface area contributed by atoms with Gasteiger partial charge in [0.1, 0.15) is 0 Å². The van der Waals surface area contributed by atoms with E-state index in [9.17, 15) is 4.79 Å². The molecule has 1 rings (SSSR count). The molecule has 0 fully saturated rings. The van der Waals surface area contributed by atoms with Crippen LogP contribution in [0.15, 0.2) is 24.3 Å². The lowest BCUT2D eigenvalue weighted by Crippen LogP contribution is -2.25. The summed E-state index contributed by atoms with van der Waals surface area (Å²) in [5, 5.41) is 2.86. The molecule has 1 aromatic carbocycles. The summed E-state index contributed by atoms with van der Waals surface area (Å²) in [5.41, 5.74) is 0.913. The van der Waals surface area contributed by atoms with Crippen molar-refractivity contribution in [1.82, 2.24) is 5.32 Å². The molecule has 0 atom stereocenters. The molecule has 1 aromatic rings. The van der Waals surface area contributed by atoms with Crippen molar-refractivity contribution in [1.29, 1.82) is 0 Å². The maximum Gasteiger partial charge on any atom is 0.244 e. The Balaban J connectivity index is 2.72. The van der Waals surface area contributed by atoms with Crippen LogP contribution >= 0.6 is 0 Å². The first-order valence-electron chi connectivity index (χ1n) is 8.42. The van der Waals surface area contributed by atoms with Gasteiger partial charge in [-0.3, -0.25) is 4.79 Å². The lowest BCUT2D eigenvalue weighted by Gasteiger charge is -2.12. The van der Waals surface area contributed by atoms with E-state index in [0.717, 1.165) is 24.2 Å². The monoisotopic (exact) mass is 319 g/mol. The van der Waals surface area contributed by atoms with Crippen molar-refractivity contribution >= 4 is 12.0 Å². The van der Waals surface area contributed by atoms with E-state index in [1.165, 1.54) is 0 Å². The third kappa shape index (κ3) is 7.73. The summed E-state index contributed by atoms with van der Waals surface area (Å²) < 4.78 is 11.4. The average Bonchev–Trinajstić information content (AvgIpc) is 2.53. The van der Waals surface area contributed by atoms with Gasteiger partial charge in [0.25, 0.3) is 0 Å². The zero-order chi connectivity index (χ0) is 17.1. The molecule has 4 heteroatoms. The molecule has 0 heterocycles. The van der Waals surface area contributed by atoms with Crippen molar-refractivity contribution in [2.75, 3.05) is 19.8 Å². The molecule has 0 aliphatic carbocycles. The first-order valence-corrected chi connectivity index (χ1v) is 8.42. The van der Waals surface area contributed by atoms with Gasteiger partial charge in [-0.15, -0.1) is 0 Å². The predicted octanol–water partition coefficient (Wildman–Crippen LogP) is 4.05. The Hall–Kier alpha value is -1.97. The molecule has 1 amide bonds. The van der Waals surface area contributed by atoms with E-state index in [4.69, 9.17) is 9.47 Å². The van der Waals surface area contributed by atoms with Crippen LogP contribution in [0.1, 0.15) is 46.1 Å². The molecule has 0 saturated heterocycles. The van der Waals surface area contributed by atoms with Crippen molar-refractivity contribution in [2.45, 2.75) is 40.5 Å². The van der Waals surface area contributed by atoms with Crippen LogP contribution in [0.4, 0.5) is 0 Å². The van der Waals surface area contributed by atoms with Gasteiger partial charge < -0.3 is 14.8 Å². The fraction of sp³-hybridized carbons (Fsp3) is 0.526. The molecule has 128 valence electrons. The van der Waals surface area contributed by atoms with Crippen molar-refractivity contribution in [3.05, 3.63) is 29.8 Å². The van der Waals surface area contributed by atoms with Crippen molar-refractivity contribution in [3.63, 3.8) is 0 Å². The number of ether oxygens (including phenoxy) is 2. The molecule has 23 heavy (non-hydrogen) atoms. The van der Waals surface area contributed by atoms with Gasteiger partial charge in [-0.1, -0.05) is 33.3 Å². The third-order valence-electron chi connectivity index (χ3n) is 3.13. The van der Waals surface area contributed by atoms with Gasteiger partial charge >= 0.3 is 0 Å². The van der Waals surface area contributed by atoms with Gasteiger partial charge in [0.15, 0.2) is 11.5 Å². The number of carbonyl (C=O) groups excluding carboxylic acids is 1. The summed E-state index contributed by atoms with van der Waals surface area (Å²) in [4.78, 5) is 11.7. The minimum absolute atomic E-state index is 0.0834. The quantitative estimate of drug-likeness (QED) is 0.523. The van der Waals surface area contributed by atoms with E-state index in [-0.39, 0.29) is 5.91 Å². The van der Waals surface area contributed by atoms with E-state index in [1.54, 1.807) is 12.2 Å². The van der Waals surface area contributed by atoms with Gasteiger partial charge in [0.2, 0.25) is 5.91 Å². The Morgan fingerprint density at radius 3 is 2.65 bits per heavy atom. The van der Waals surface area contributed by atoms with E-state index in [0.29, 0.717) is 31.4 Å². The van der Waals surface area contributed by atoms with Crippen LogP contribution in [0, 0.1) is 5.92 Å². The highest BCUT2D eigenvalue weighted by atomic mass is 16.5. The van der Waals surface area contributed by atoms with E-state index < -0.39 is 0 Å². The summed E-state index contributed by atoms with van der Waals surface area (Å²) >= 11 is 0. The maximum absolute atomic E-state index is 11.7. The number of rotatable bonds is 10. The minimum Gasteiger partial charge on any atom is -0.490 e. The molecule has 1 N–H and O–H groups in total. The van der Waals surface area contributed by atoms with Gasteiger partial charge in [-0.05, 0) is 43.0 Å². The van der Waals surface area contributed by atoms with Crippen LogP contribution < -0.4 is 14.8 Å². The Morgan fingerprint density at radius 1 is 1.22 bits per heavy atom. The zero-order valence-electron chi connectivity index (χ0n) is 14.7. The summed E-state index contributed by atoms with van der Waals surface area (Å²) in [6, 6.07) is 5.72. The van der Waals surface area contributed by atoms with Gasteiger partial charge in [-0.2, -0.15) is 0 Å².